The van der Waals surface area contributed by atoms with Crippen molar-refractivity contribution in [2.75, 3.05) is 22.5 Å². The Bertz CT molecular complexity index is 948. The summed E-state index contributed by atoms with van der Waals surface area (Å²) in [7, 11) is 0. The second-order valence-corrected chi connectivity index (χ2v) is 6.81. The van der Waals surface area contributed by atoms with Gasteiger partial charge in [-0.1, -0.05) is 25.5 Å². The van der Waals surface area contributed by atoms with Crippen LogP contribution in [0.4, 0.5) is 17.2 Å². The van der Waals surface area contributed by atoms with Gasteiger partial charge in [-0.15, -0.1) is 0 Å². The second kappa shape index (κ2) is 8.85. The lowest BCUT2D eigenvalue weighted by atomic mass is 10.1. The third-order valence-electron chi connectivity index (χ3n) is 4.63. The fourth-order valence-electron chi connectivity index (χ4n) is 2.85. The maximum absolute atomic E-state index is 12.5. The van der Waals surface area contributed by atoms with Crippen LogP contribution >= 0.6 is 12.2 Å². The van der Waals surface area contributed by atoms with Crippen LogP contribution in [0.15, 0.2) is 27.8 Å². The van der Waals surface area contributed by atoms with Crippen LogP contribution in [0.2, 0.25) is 0 Å². The highest BCUT2D eigenvalue weighted by molar-refractivity contribution is 7.80. The van der Waals surface area contributed by atoms with E-state index in [2.05, 4.69) is 10.3 Å². The minimum Gasteiger partial charge on any atom is -0.383 e. The van der Waals surface area contributed by atoms with E-state index in [1.165, 1.54) is 4.57 Å². The van der Waals surface area contributed by atoms with Crippen molar-refractivity contribution in [2.45, 2.75) is 47.1 Å². The van der Waals surface area contributed by atoms with Crippen molar-refractivity contribution in [1.29, 1.82) is 0 Å². The van der Waals surface area contributed by atoms with Crippen LogP contribution in [-0.2, 0) is 6.54 Å². The SMILES string of the molecule is CCCCn1c(N)c(N(CC)C(=S)Nc2cccc(C)c2C)c(=O)[nH]c1=O. The molecule has 1 heterocycles. The third-order valence-corrected chi connectivity index (χ3v) is 4.95. The first-order valence-corrected chi connectivity index (χ1v) is 9.49. The highest BCUT2D eigenvalue weighted by atomic mass is 32.1. The Morgan fingerprint density at radius 2 is 2.00 bits per heavy atom. The molecule has 0 atom stereocenters. The summed E-state index contributed by atoms with van der Waals surface area (Å²) in [4.78, 5) is 28.6. The first-order valence-electron chi connectivity index (χ1n) is 9.09. The van der Waals surface area contributed by atoms with Gasteiger partial charge in [0.15, 0.2) is 10.8 Å². The molecule has 7 nitrogen and oxygen atoms in total. The summed E-state index contributed by atoms with van der Waals surface area (Å²) in [5.41, 5.74) is 8.43. The smallest absolute Gasteiger partial charge is 0.330 e. The van der Waals surface area contributed by atoms with Gasteiger partial charge in [0.1, 0.15) is 5.82 Å². The minimum atomic E-state index is -0.544. The number of hydrogen-bond acceptors (Lipinski definition) is 4. The number of aryl methyl sites for hydroxylation is 1. The lowest BCUT2D eigenvalue weighted by Gasteiger charge is -2.26. The number of hydrogen-bond donors (Lipinski definition) is 3. The van der Waals surface area contributed by atoms with Crippen LogP contribution in [-0.4, -0.2) is 21.2 Å². The molecule has 0 bridgehead atoms. The van der Waals surface area contributed by atoms with Crippen molar-refractivity contribution in [2.24, 2.45) is 0 Å². The molecule has 0 unspecified atom stereocenters. The van der Waals surface area contributed by atoms with Gasteiger partial charge in [0.05, 0.1) is 0 Å². The number of H-pyrrole nitrogens is 1. The predicted molar refractivity (Wildman–Crippen MR) is 116 cm³/mol. The van der Waals surface area contributed by atoms with Gasteiger partial charge in [-0.3, -0.25) is 14.3 Å². The Labute approximate surface area is 164 Å². The van der Waals surface area contributed by atoms with E-state index in [9.17, 15) is 9.59 Å². The molecule has 0 aliphatic heterocycles. The monoisotopic (exact) mass is 389 g/mol. The molecule has 2 aromatic rings. The van der Waals surface area contributed by atoms with Gasteiger partial charge in [-0.25, -0.2) is 4.79 Å². The van der Waals surface area contributed by atoms with Crippen molar-refractivity contribution in [1.82, 2.24) is 9.55 Å². The lowest BCUT2D eigenvalue weighted by molar-refractivity contribution is 0.604. The number of rotatable bonds is 6. The number of thiocarbonyl (C=S) groups is 1. The molecule has 8 heteroatoms. The molecule has 4 N–H and O–H groups in total. The van der Waals surface area contributed by atoms with Gasteiger partial charge in [0.2, 0.25) is 0 Å². The molecule has 1 aromatic carbocycles. The molecule has 27 heavy (non-hydrogen) atoms. The van der Waals surface area contributed by atoms with Crippen molar-refractivity contribution < 1.29 is 0 Å². The van der Waals surface area contributed by atoms with Gasteiger partial charge >= 0.3 is 5.69 Å². The number of nitrogen functional groups attached to an aromatic ring is 1. The number of nitrogens with zero attached hydrogens (tertiary/aromatic N) is 2. The third kappa shape index (κ3) is 4.39. The molecule has 0 fully saturated rings. The van der Waals surface area contributed by atoms with E-state index in [0.717, 1.165) is 29.7 Å². The molecule has 0 aliphatic carbocycles. The predicted octanol–water partition coefficient (Wildman–Crippen LogP) is 2.76. The molecule has 1 aromatic heterocycles. The zero-order valence-electron chi connectivity index (χ0n) is 16.3. The van der Waals surface area contributed by atoms with E-state index in [-0.39, 0.29) is 11.5 Å². The van der Waals surface area contributed by atoms with Gasteiger partial charge in [-0.2, -0.15) is 0 Å². The summed E-state index contributed by atoms with van der Waals surface area (Å²) < 4.78 is 1.39. The summed E-state index contributed by atoms with van der Waals surface area (Å²) >= 11 is 5.54. The molecule has 0 spiro atoms. The average Bonchev–Trinajstić information content (AvgIpc) is 2.62. The Balaban J connectivity index is 2.44. The number of nitrogens with two attached hydrogens (primary N) is 1. The molecule has 0 saturated heterocycles. The molecule has 0 amide bonds. The van der Waals surface area contributed by atoms with Crippen molar-refractivity contribution >= 4 is 34.5 Å². The first-order chi connectivity index (χ1) is 12.8. The zero-order valence-corrected chi connectivity index (χ0v) is 17.1. The Morgan fingerprint density at radius 3 is 2.63 bits per heavy atom. The summed E-state index contributed by atoms with van der Waals surface area (Å²) in [5, 5.41) is 3.54. The Kier molecular flexibility index (Phi) is 6.79. The number of benzene rings is 1. The fourth-order valence-corrected chi connectivity index (χ4v) is 3.18. The van der Waals surface area contributed by atoms with Crippen molar-refractivity contribution in [3.63, 3.8) is 0 Å². The van der Waals surface area contributed by atoms with Crippen LogP contribution in [0.5, 0.6) is 0 Å². The number of anilines is 3. The zero-order chi connectivity index (χ0) is 20.1. The summed E-state index contributed by atoms with van der Waals surface area (Å²) in [5.74, 6) is 0.129. The standard InChI is InChI=1S/C19H27N5O2S/c1-5-7-11-24-16(20)15(17(25)22-18(24)26)23(6-2)19(27)21-14-10-8-9-12(3)13(14)4/h8-10H,5-7,11,20H2,1-4H3,(H,21,27)(H,22,25,26). The Hall–Kier alpha value is -2.61. The molecular weight excluding hydrogens is 362 g/mol. The van der Waals surface area contributed by atoms with Crippen LogP contribution < -0.4 is 27.2 Å². The van der Waals surface area contributed by atoms with Crippen molar-refractivity contribution in [3.8, 4) is 0 Å². The lowest BCUT2D eigenvalue weighted by Crippen LogP contribution is -2.42. The van der Waals surface area contributed by atoms with Gasteiger partial charge in [0, 0.05) is 18.8 Å². The Morgan fingerprint density at radius 1 is 1.30 bits per heavy atom. The van der Waals surface area contributed by atoms with E-state index in [1.54, 1.807) is 4.90 Å². The van der Waals surface area contributed by atoms with Crippen molar-refractivity contribution in [3.05, 3.63) is 50.2 Å². The summed E-state index contributed by atoms with van der Waals surface area (Å²) in [6.07, 6.45) is 1.69. The fraction of sp³-hybridized carbons (Fsp3) is 0.421. The highest BCUT2D eigenvalue weighted by Gasteiger charge is 2.21. The number of unbranched alkanes of at least 4 members (excludes halogenated alkanes) is 1. The van der Waals surface area contributed by atoms with Crippen LogP contribution in [0.3, 0.4) is 0 Å². The van der Waals surface area contributed by atoms with Crippen LogP contribution in [0.1, 0.15) is 37.8 Å². The summed E-state index contributed by atoms with van der Waals surface area (Å²) in [6, 6.07) is 5.89. The second-order valence-electron chi connectivity index (χ2n) is 6.42. The topological polar surface area (TPSA) is 96.2 Å². The van der Waals surface area contributed by atoms with Crippen LogP contribution in [0, 0.1) is 13.8 Å². The number of aromatic nitrogens is 2. The number of nitrogens with one attached hydrogen (secondary N) is 2. The van der Waals surface area contributed by atoms with E-state index < -0.39 is 11.2 Å². The van der Waals surface area contributed by atoms with Gasteiger partial charge in [0.25, 0.3) is 5.56 Å². The normalized spacial score (nSPS) is 10.7. The van der Waals surface area contributed by atoms with Crippen LogP contribution in [0.25, 0.3) is 0 Å². The largest absolute Gasteiger partial charge is 0.383 e. The first kappa shape index (κ1) is 20.7. The van der Waals surface area contributed by atoms with Gasteiger partial charge in [-0.05, 0) is 56.6 Å². The molecular formula is C19H27N5O2S. The quantitative estimate of drug-likeness (QED) is 0.658. The molecule has 0 aliphatic rings. The molecule has 146 valence electrons. The van der Waals surface area contributed by atoms with Gasteiger partial charge < -0.3 is 16.0 Å². The van der Waals surface area contributed by atoms with E-state index in [0.29, 0.717) is 18.2 Å². The molecule has 2 rings (SSSR count). The average molecular weight is 390 g/mol. The minimum absolute atomic E-state index is 0.129. The number of aromatic amines is 1. The summed E-state index contributed by atoms with van der Waals surface area (Å²) in [6.45, 7) is 8.79. The van der Waals surface area contributed by atoms with E-state index in [4.69, 9.17) is 18.0 Å². The molecule has 0 radical (unpaired) electrons. The van der Waals surface area contributed by atoms with E-state index >= 15 is 0 Å². The maximum Gasteiger partial charge on any atom is 0.330 e. The van der Waals surface area contributed by atoms with E-state index in [1.807, 2.05) is 45.9 Å². The maximum atomic E-state index is 12.5. The highest BCUT2D eigenvalue weighted by Crippen LogP contribution is 2.21. The molecule has 0 saturated carbocycles.